The molecule has 1 aromatic carbocycles. The van der Waals surface area contributed by atoms with Crippen LogP contribution in [0.15, 0.2) is 29.4 Å². The van der Waals surface area contributed by atoms with Crippen molar-refractivity contribution in [1.29, 1.82) is 0 Å². The number of halogens is 2. The molecule has 8 nitrogen and oxygen atoms in total. The standard InChI is InChI=1S/C16H19F2N3O5S2/c1-9(12(23)7-22)26-14-6-13(21-28(2,24)25)19-16(20-14)27-8-10-4-3-5-11(17)15(10)18/h3-6,9,12,22-23H,7-8H2,1-2H3,(H,19,20,21)/t9-,12+/m1/s1. The summed E-state index contributed by atoms with van der Waals surface area (Å²) >= 11 is 0.936. The maximum Gasteiger partial charge on any atom is 0.230 e. The summed E-state index contributed by atoms with van der Waals surface area (Å²) in [5, 5.41) is 18.6. The van der Waals surface area contributed by atoms with Gasteiger partial charge >= 0.3 is 0 Å². The summed E-state index contributed by atoms with van der Waals surface area (Å²) in [6.07, 6.45) is -1.09. The SMILES string of the molecule is C[C@@H](Oc1cc(NS(C)(=O)=O)nc(SCc2cccc(F)c2F)n1)[C@@H](O)CO. The summed E-state index contributed by atoms with van der Waals surface area (Å²) in [4.78, 5) is 8.08. The van der Waals surface area contributed by atoms with E-state index in [1.807, 2.05) is 0 Å². The minimum absolute atomic E-state index is 0.0137. The van der Waals surface area contributed by atoms with E-state index in [1.165, 1.54) is 25.1 Å². The molecule has 0 spiro atoms. The van der Waals surface area contributed by atoms with Crippen LogP contribution in [0.5, 0.6) is 5.88 Å². The van der Waals surface area contributed by atoms with Crippen molar-refractivity contribution < 1.29 is 32.1 Å². The quantitative estimate of drug-likeness (QED) is 0.401. The van der Waals surface area contributed by atoms with Crippen molar-refractivity contribution in [2.45, 2.75) is 30.0 Å². The number of sulfonamides is 1. The van der Waals surface area contributed by atoms with E-state index in [2.05, 4.69) is 14.7 Å². The molecule has 0 aliphatic heterocycles. The highest BCUT2D eigenvalue weighted by molar-refractivity contribution is 7.98. The normalized spacial score (nSPS) is 13.8. The third kappa shape index (κ3) is 6.55. The number of aromatic nitrogens is 2. The number of benzene rings is 1. The number of nitrogens with zero attached hydrogens (tertiary/aromatic N) is 2. The van der Waals surface area contributed by atoms with Crippen LogP contribution in [-0.4, -0.2) is 53.7 Å². The molecule has 12 heteroatoms. The maximum absolute atomic E-state index is 13.8. The van der Waals surface area contributed by atoms with E-state index >= 15 is 0 Å². The summed E-state index contributed by atoms with van der Waals surface area (Å²) in [6, 6.07) is 4.97. The Labute approximate surface area is 165 Å². The summed E-state index contributed by atoms with van der Waals surface area (Å²) in [7, 11) is -3.64. The van der Waals surface area contributed by atoms with E-state index < -0.39 is 40.5 Å². The number of nitrogens with one attached hydrogen (secondary N) is 1. The molecule has 1 aromatic heterocycles. The molecule has 154 valence electrons. The second-order valence-electron chi connectivity index (χ2n) is 5.82. The fourth-order valence-electron chi connectivity index (χ4n) is 1.99. The third-order valence-electron chi connectivity index (χ3n) is 3.40. The molecule has 2 atom stereocenters. The predicted molar refractivity (Wildman–Crippen MR) is 99.6 cm³/mol. The number of thioether (sulfide) groups is 1. The van der Waals surface area contributed by atoms with Crippen molar-refractivity contribution in [3.8, 4) is 5.88 Å². The van der Waals surface area contributed by atoms with Gasteiger partial charge in [0.1, 0.15) is 18.0 Å². The Morgan fingerprint density at radius 2 is 2.04 bits per heavy atom. The van der Waals surface area contributed by atoms with Crippen molar-refractivity contribution in [3.63, 3.8) is 0 Å². The van der Waals surface area contributed by atoms with Crippen molar-refractivity contribution in [2.24, 2.45) is 0 Å². The predicted octanol–water partition coefficient (Wildman–Crippen LogP) is 1.54. The Bertz CT molecular complexity index is 930. The molecule has 0 saturated carbocycles. The lowest BCUT2D eigenvalue weighted by atomic mass is 10.2. The van der Waals surface area contributed by atoms with Gasteiger partial charge in [0.05, 0.1) is 12.9 Å². The van der Waals surface area contributed by atoms with Crippen molar-refractivity contribution in [1.82, 2.24) is 9.97 Å². The van der Waals surface area contributed by atoms with Gasteiger partial charge < -0.3 is 14.9 Å². The Balaban J connectivity index is 2.27. The van der Waals surface area contributed by atoms with Gasteiger partial charge in [0.25, 0.3) is 0 Å². The second kappa shape index (κ2) is 9.45. The third-order valence-corrected chi connectivity index (χ3v) is 4.87. The van der Waals surface area contributed by atoms with Crippen LogP contribution >= 0.6 is 11.8 Å². The first kappa shape index (κ1) is 22.3. The lowest BCUT2D eigenvalue weighted by molar-refractivity contribution is 0.00599. The first-order chi connectivity index (χ1) is 13.1. The smallest absolute Gasteiger partial charge is 0.230 e. The number of anilines is 1. The van der Waals surface area contributed by atoms with Gasteiger partial charge in [0, 0.05) is 17.4 Å². The molecule has 0 saturated heterocycles. The fraction of sp³-hybridized carbons (Fsp3) is 0.375. The largest absolute Gasteiger partial charge is 0.472 e. The molecule has 0 aliphatic carbocycles. The molecule has 0 bridgehead atoms. The van der Waals surface area contributed by atoms with Crippen LogP contribution < -0.4 is 9.46 Å². The highest BCUT2D eigenvalue weighted by atomic mass is 32.2. The number of hydrogen-bond donors (Lipinski definition) is 3. The average molecular weight is 435 g/mol. The summed E-state index contributed by atoms with van der Waals surface area (Å²) in [5.74, 6) is -2.15. The van der Waals surface area contributed by atoms with E-state index in [-0.39, 0.29) is 28.2 Å². The average Bonchev–Trinajstić information content (AvgIpc) is 2.60. The monoisotopic (exact) mass is 435 g/mol. The zero-order valence-corrected chi connectivity index (χ0v) is 16.6. The van der Waals surface area contributed by atoms with Crippen LogP contribution in [0, 0.1) is 11.6 Å². The molecule has 0 unspecified atom stereocenters. The molecule has 0 radical (unpaired) electrons. The van der Waals surface area contributed by atoms with Crippen molar-refractivity contribution >= 4 is 27.6 Å². The number of aliphatic hydroxyl groups excluding tert-OH is 2. The molecule has 28 heavy (non-hydrogen) atoms. The van der Waals surface area contributed by atoms with Gasteiger partial charge in [-0.3, -0.25) is 4.72 Å². The van der Waals surface area contributed by atoms with E-state index in [9.17, 15) is 22.3 Å². The fourth-order valence-corrected chi connectivity index (χ4v) is 3.30. The van der Waals surface area contributed by atoms with Crippen LogP contribution in [0.25, 0.3) is 0 Å². The Hall–Kier alpha value is -2.02. The molecule has 2 aromatic rings. The van der Waals surface area contributed by atoms with Gasteiger partial charge in [-0.1, -0.05) is 23.9 Å². The van der Waals surface area contributed by atoms with E-state index in [0.29, 0.717) is 0 Å². The molecular formula is C16H19F2N3O5S2. The van der Waals surface area contributed by atoms with Crippen molar-refractivity contribution in [2.75, 3.05) is 17.6 Å². The minimum atomic E-state index is -3.64. The maximum atomic E-state index is 13.8. The molecule has 0 amide bonds. The number of rotatable bonds is 9. The first-order valence-electron chi connectivity index (χ1n) is 7.97. The number of aliphatic hydroxyl groups is 2. The number of hydrogen-bond acceptors (Lipinski definition) is 8. The minimum Gasteiger partial charge on any atom is -0.472 e. The van der Waals surface area contributed by atoms with Crippen LogP contribution in [0.1, 0.15) is 12.5 Å². The zero-order valence-electron chi connectivity index (χ0n) is 15.0. The first-order valence-corrected chi connectivity index (χ1v) is 10.8. The topological polar surface area (TPSA) is 122 Å². The van der Waals surface area contributed by atoms with Crippen LogP contribution in [-0.2, 0) is 15.8 Å². The molecule has 2 rings (SSSR count). The van der Waals surface area contributed by atoms with Crippen LogP contribution in [0.4, 0.5) is 14.6 Å². The number of ether oxygens (including phenoxy) is 1. The van der Waals surface area contributed by atoms with Gasteiger partial charge in [-0.2, -0.15) is 4.98 Å². The highest BCUT2D eigenvalue weighted by Crippen LogP contribution is 2.26. The molecule has 1 heterocycles. The molecule has 0 fully saturated rings. The summed E-state index contributed by atoms with van der Waals surface area (Å²) < 4.78 is 57.7. The van der Waals surface area contributed by atoms with Crippen LogP contribution in [0.3, 0.4) is 0 Å². The molecule has 0 aliphatic rings. The molecule has 3 N–H and O–H groups in total. The lowest BCUT2D eigenvalue weighted by Gasteiger charge is -2.18. The van der Waals surface area contributed by atoms with E-state index in [1.54, 1.807) is 0 Å². The van der Waals surface area contributed by atoms with E-state index in [0.717, 1.165) is 24.1 Å². The Morgan fingerprint density at radius 3 is 2.68 bits per heavy atom. The van der Waals surface area contributed by atoms with Crippen molar-refractivity contribution in [3.05, 3.63) is 41.5 Å². The van der Waals surface area contributed by atoms with Crippen LogP contribution in [0.2, 0.25) is 0 Å². The summed E-state index contributed by atoms with van der Waals surface area (Å²) in [5.41, 5.74) is 0.0848. The Morgan fingerprint density at radius 1 is 1.32 bits per heavy atom. The summed E-state index contributed by atoms with van der Waals surface area (Å²) in [6.45, 7) is 0.947. The Kier molecular flexibility index (Phi) is 7.52. The van der Waals surface area contributed by atoms with Gasteiger partial charge in [-0.05, 0) is 13.0 Å². The van der Waals surface area contributed by atoms with Gasteiger partial charge in [-0.15, -0.1) is 0 Å². The zero-order chi connectivity index (χ0) is 20.9. The second-order valence-corrected chi connectivity index (χ2v) is 8.51. The van der Waals surface area contributed by atoms with Gasteiger partial charge in [0.2, 0.25) is 15.9 Å². The van der Waals surface area contributed by atoms with Gasteiger partial charge in [-0.25, -0.2) is 22.2 Å². The lowest BCUT2D eigenvalue weighted by Crippen LogP contribution is -2.32. The van der Waals surface area contributed by atoms with E-state index in [4.69, 9.17) is 9.84 Å². The highest BCUT2D eigenvalue weighted by Gasteiger charge is 2.18. The molecular weight excluding hydrogens is 416 g/mol. The van der Waals surface area contributed by atoms with Gasteiger partial charge in [0.15, 0.2) is 16.8 Å².